The van der Waals surface area contributed by atoms with Crippen LogP contribution in [0.25, 0.3) is 0 Å². The lowest BCUT2D eigenvalue weighted by atomic mass is 10.2. The number of para-hydroxylation sites is 1. The van der Waals surface area contributed by atoms with Crippen LogP contribution in [0.4, 0.5) is 5.69 Å². The Labute approximate surface area is 129 Å². The number of piperazine rings is 1. The predicted molar refractivity (Wildman–Crippen MR) is 85.7 cm³/mol. The maximum absolute atomic E-state index is 12.2. The molecule has 4 nitrogen and oxygen atoms in total. The number of anilines is 1. The summed E-state index contributed by atoms with van der Waals surface area (Å²) < 4.78 is 0. The van der Waals surface area contributed by atoms with Crippen LogP contribution in [0.3, 0.4) is 0 Å². The Bertz CT molecular complexity index is 562. The lowest BCUT2D eigenvalue weighted by Crippen LogP contribution is -2.48. The van der Waals surface area contributed by atoms with Crippen LogP contribution in [0.1, 0.15) is 12.1 Å². The smallest absolute Gasteiger partial charge is 0.223 e. The van der Waals surface area contributed by atoms with E-state index in [2.05, 4.69) is 34.1 Å². The number of benzene rings is 1. The van der Waals surface area contributed by atoms with Crippen molar-refractivity contribution in [3.05, 3.63) is 46.9 Å². The third kappa shape index (κ3) is 3.61. The van der Waals surface area contributed by atoms with Crippen molar-refractivity contribution in [2.45, 2.75) is 12.8 Å². The molecule has 3 rings (SSSR count). The average molecular weight is 301 g/mol. The van der Waals surface area contributed by atoms with Gasteiger partial charge in [-0.1, -0.05) is 18.2 Å². The van der Waals surface area contributed by atoms with Gasteiger partial charge in [0.25, 0.3) is 0 Å². The fourth-order valence-corrected chi connectivity index (χ4v) is 3.20. The molecule has 2 aromatic rings. The first-order valence-corrected chi connectivity index (χ1v) is 8.22. The van der Waals surface area contributed by atoms with Gasteiger partial charge in [0.15, 0.2) is 0 Å². The molecule has 2 heterocycles. The van der Waals surface area contributed by atoms with Crippen LogP contribution in [-0.4, -0.2) is 42.0 Å². The number of carbonyl (C=O) groups excluding carboxylic acids is 1. The maximum Gasteiger partial charge on any atom is 0.223 e. The highest BCUT2D eigenvalue weighted by molar-refractivity contribution is 7.07. The third-order valence-electron chi connectivity index (χ3n) is 3.83. The Hall–Kier alpha value is -1.88. The largest absolute Gasteiger partial charge is 0.368 e. The second kappa shape index (κ2) is 6.72. The first-order chi connectivity index (χ1) is 10.3. The summed E-state index contributed by atoms with van der Waals surface area (Å²) in [6.45, 7) is 3.44. The molecule has 1 aromatic carbocycles. The van der Waals surface area contributed by atoms with Crippen molar-refractivity contribution in [1.29, 1.82) is 0 Å². The van der Waals surface area contributed by atoms with Crippen LogP contribution in [0.5, 0.6) is 0 Å². The third-order valence-corrected chi connectivity index (χ3v) is 4.47. The number of nitrogens with zero attached hydrogens (tertiary/aromatic N) is 3. The minimum absolute atomic E-state index is 0.246. The fraction of sp³-hybridized carbons (Fsp3) is 0.375. The van der Waals surface area contributed by atoms with Crippen LogP contribution >= 0.6 is 11.3 Å². The molecule has 1 saturated heterocycles. The van der Waals surface area contributed by atoms with Crippen molar-refractivity contribution in [1.82, 2.24) is 9.88 Å². The minimum atomic E-state index is 0.246. The standard InChI is InChI=1S/C16H19N3OS/c20-16(7-6-14-12-21-13-17-14)19-10-8-18(9-11-19)15-4-2-1-3-5-15/h1-5,12-13H,6-11H2. The molecule has 110 valence electrons. The van der Waals surface area contributed by atoms with Crippen molar-refractivity contribution in [3.63, 3.8) is 0 Å². The van der Waals surface area contributed by atoms with E-state index in [4.69, 9.17) is 0 Å². The topological polar surface area (TPSA) is 36.4 Å². The molecule has 0 N–H and O–H groups in total. The molecule has 5 heteroatoms. The fourth-order valence-electron chi connectivity index (χ4n) is 2.61. The van der Waals surface area contributed by atoms with Crippen LogP contribution in [0.15, 0.2) is 41.2 Å². The summed E-state index contributed by atoms with van der Waals surface area (Å²) >= 11 is 1.58. The van der Waals surface area contributed by atoms with E-state index in [1.165, 1.54) is 5.69 Å². The van der Waals surface area contributed by atoms with Crippen molar-refractivity contribution in [2.24, 2.45) is 0 Å². The first-order valence-electron chi connectivity index (χ1n) is 7.28. The highest BCUT2D eigenvalue weighted by Gasteiger charge is 2.20. The Kier molecular flexibility index (Phi) is 4.50. The molecule has 1 amide bonds. The van der Waals surface area contributed by atoms with Crippen molar-refractivity contribution < 1.29 is 4.79 Å². The van der Waals surface area contributed by atoms with Gasteiger partial charge in [0.05, 0.1) is 11.2 Å². The Balaban J connectivity index is 1.48. The van der Waals surface area contributed by atoms with Crippen molar-refractivity contribution in [3.8, 4) is 0 Å². The molecule has 1 aromatic heterocycles. The highest BCUT2D eigenvalue weighted by Crippen LogP contribution is 2.16. The number of hydrogen-bond donors (Lipinski definition) is 0. The van der Waals surface area contributed by atoms with E-state index in [0.717, 1.165) is 38.3 Å². The molecule has 0 aliphatic carbocycles. The molecule has 0 saturated carbocycles. The SMILES string of the molecule is O=C(CCc1cscn1)N1CCN(c2ccccc2)CC1. The molecule has 21 heavy (non-hydrogen) atoms. The number of amides is 1. The second-order valence-electron chi connectivity index (χ2n) is 5.18. The minimum Gasteiger partial charge on any atom is -0.368 e. The van der Waals surface area contributed by atoms with Gasteiger partial charge in [0.2, 0.25) is 5.91 Å². The lowest BCUT2D eigenvalue weighted by Gasteiger charge is -2.36. The van der Waals surface area contributed by atoms with E-state index in [9.17, 15) is 4.79 Å². The molecule has 1 aliphatic heterocycles. The molecule has 0 unspecified atom stereocenters. The molecular formula is C16H19N3OS. The van der Waals surface area contributed by atoms with Gasteiger partial charge >= 0.3 is 0 Å². The van der Waals surface area contributed by atoms with Gasteiger partial charge in [-0.2, -0.15) is 0 Å². The average Bonchev–Trinajstić information content (AvgIpc) is 3.07. The van der Waals surface area contributed by atoms with Gasteiger partial charge in [-0.25, -0.2) is 4.98 Å². The molecule has 0 atom stereocenters. The normalized spacial score (nSPS) is 15.2. The number of aromatic nitrogens is 1. The molecule has 0 bridgehead atoms. The van der Waals surface area contributed by atoms with E-state index in [1.54, 1.807) is 11.3 Å². The van der Waals surface area contributed by atoms with E-state index < -0.39 is 0 Å². The number of carbonyl (C=O) groups is 1. The molecule has 1 fully saturated rings. The lowest BCUT2D eigenvalue weighted by molar-refractivity contribution is -0.131. The molecule has 0 radical (unpaired) electrons. The number of thiazole rings is 1. The number of hydrogen-bond acceptors (Lipinski definition) is 4. The van der Waals surface area contributed by atoms with E-state index in [0.29, 0.717) is 6.42 Å². The summed E-state index contributed by atoms with van der Waals surface area (Å²) in [4.78, 5) is 20.8. The Morgan fingerprint density at radius 1 is 1.14 bits per heavy atom. The molecule has 1 aliphatic rings. The zero-order valence-electron chi connectivity index (χ0n) is 11.9. The van der Waals surface area contributed by atoms with E-state index >= 15 is 0 Å². The predicted octanol–water partition coefficient (Wildman–Crippen LogP) is 2.42. The Morgan fingerprint density at radius 3 is 2.57 bits per heavy atom. The van der Waals surface area contributed by atoms with Gasteiger partial charge in [-0.05, 0) is 18.6 Å². The van der Waals surface area contributed by atoms with Crippen LogP contribution in [0, 0.1) is 0 Å². The van der Waals surface area contributed by atoms with Gasteiger partial charge in [-0.3, -0.25) is 4.79 Å². The summed E-state index contributed by atoms with van der Waals surface area (Å²) in [5, 5.41) is 2.01. The maximum atomic E-state index is 12.2. The highest BCUT2D eigenvalue weighted by atomic mass is 32.1. The zero-order chi connectivity index (χ0) is 14.5. The summed E-state index contributed by atoms with van der Waals surface area (Å²) in [5.74, 6) is 0.246. The van der Waals surface area contributed by atoms with Crippen molar-refractivity contribution in [2.75, 3.05) is 31.1 Å². The van der Waals surface area contributed by atoms with E-state index in [-0.39, 0.29) is 5.91 Å². The number of rotatable bonds is 4. The summed E-state index contributed by atoms with van der Waals surface area (Å²) in [5.41, 5.74) is 4.08. The van der Waals surface area contributed by atoms with Crippen molar-refractivity contribution >= 4 is 22.9 Å². The number of aryl methyl sites for hydroxylation is 1. The first kappa shape index (κ1) is 14.1. The summed E-state index contributed by atoms with van der Waals surface area (Å²) in [7, 11) is 0. The Morgan fingerprint density at radius 2 is 1.90 bits per heavy atom. The van der Waals surface area contributed by atoms with Crippen LogP contribution < -0.4 is 4.90 Å². The van der Waals surface area contributed by atoms with E-state index in [1.807, 2.05) is 21.9 Å². The van der Waals surface area contributed by atoms with Crippen LogP contribution in [0.2, 0.25) is 0 Å². The van der Waals surface area contributed by atoms with Gasteiger partial charge in [0, 0.05) is 43.7 Å². The quantitative estimate of drug-likeness (QED) is 0.870. The van der Waals surface area contributed by atoms with Gasteiger partial charge < -0.3 is 9.80 Å². The second-order valence-corrected chi connectivity index (χ2v) is 5.90. The monoisotopic (exact) mass is 301 g/mol. The summed E-state index contributed by atoms with van der Waals surface area (Å²) in [6, 6.07) is 10.4. The zero-order valence-corrected chi connectivity index (χ0v) is 12.8. The molecule has 0 spiro atoms. The van der Waals surface area contributed by atoms with Gasteiger partial charge in [0.1, 0.15) is 0 Å². The summed E-state index contributed by atoms with van der Waals surface area (Å²) in [6.07, 6.45) is 1.32. The van der Waals surface area contributed by atoms with Gasteiger partial charge in [-0.15, -0.1) is 11.3 Å². The van der Waals surface area contributed by atoms with Crippen LogP contribution in [-0.2, 0) is 11.2 Å². The molecular weight excluding hydrogens is 282 g/mol.